The van der Waals surface area contributed by atoms with Gasteiger partial charge in [-0.2, -0.15) is 5.11 Å². The fourth-order valence-electron chi connectivity index (χ4n) is 1.34. The Morgan fingerprint density at radius 1 is 1.92 bits per heavy atom. The zero-order valence-corrected chi connectivity index (χ0v) is 7.38. The smallest absolute Gasteiger partial charge is 0.225 e. The van der Waals surface area contributed by atoms with Crippen molar-refractivity contribution in [3.05, 3.63) is 18.7 Å². The third-order valence-corrected chi connectivity index (χ3v) is 2.07. The minimum absolute atomic E-state index is 0.256. The quantitative estimate of drug-likeness (QED) is 0.632. The van der Waals surface area contributed by atoms with Crippen molar-refractivity contribution in [1.29, 1.82) is 0 Å². The van der Waals surface area contributed by atoms with Gasteiger partial charge in [-0.1, -0.05) is 13.0 Å². The highest BCUT2D eigenvalue weighted by Crippen LogP contribution is 2.33. The van der Waals surface area contributed by atoms with E-state index in [1.807, 2.05) is 6.92 Å². The first kappa shape index (κ1) is 9.71. The molecule has 1 fully saturated rings. The van der Waals surface area contributed by atoms with E-state index in [1.54, 1.807) is 6.08 Å². The van der Waals surface area contributed by atoms with Crippen molar-refractivity contribution in [1.82, 2.24) is 0 Å². The first-order valence-corrected chi connectivity index (χ1v) is 4.15. The van der Waals surface area contributed by atoms with Gasteiger partial charge in [0.05, 0.1) is 12.6 Å². The molecule has 2 atom stereocenters. The molecule has 0 bridgehead atoms. The Labute approximate surface area is 73.2 Å². The van der Waals surface area contributed by atoms with Crippen LogP contribution in [0.5, 0.6) is 0 Å². The molecule has 3 heteroatoms. The Morgan fingerprint density at radius 3 is 3.08 bits per heavy atom. The number of nitrogens with two attached hydrogens (primary N) is 1. The lowest BCUT2D eigenvalue weighted by molar-refractivity contribution is -0.249. The molecule has 68 valence electrons. The van der Waals surface area contributed by atoms with Crippen molar-refractivity contribution < 1.29 is 9.84 Å². The van der Waals surface area contributed by atoms with Crippen LogP contribution in [0, 0.1) is 12.0 Å². The molecule has 1 aliphatic rings. The molecule has 2 unspecified atom stereocenters. The molecule has 0 amide bonds. The van der Waals surface area contributed by atoms with Crippen LogP contribution in [-0.2, 0) is 9.84 Å². The lowest BCUT2D eigenvalue weighted by Gasteiger charge is -2.36. The largest absolute Gasteiger partial charge is 0.345 e. The summed E-state index contributed by atoms with van der Waals surface area (Å²) in [6.07, 6.45) is 2.47. The van der Waals surface area contributed by atoms with Crippen LogP contribution < -0.4 is 5.73 Å². The van der Waals surface area contributed by atoms with Gasteiger partial charge < -0.3 is 10.5 Å². The molecule has 1 heterocycles. The third-order valence-electron chi connectivity index (χ3n) is 2.07. The van der Waals surface area contributed by atoms with Gasteiger partial charge in [0.25, 0.3) is 0 Å². The Morgan fingerprint density at radius 2 is 2.58 bits per heavy atom. The second-order valence-corrected chi connectivity index (χ2v) is 3.39. The molecule has 1 saturated heterocycles. The maximum Gasteiger partial charge on any atom is 0.225 e. The van der Waals surface area contributed by atoms with Gasteiger partial charge in [0.15, 0.2) is 0 Å². The normalized spacial score (nSPS) is 38.1. The van der Waals surface area contributed by atoms with Crippen LogP contribution in [0.2, 0.25) is 0 Å². The molecule has 2 N–H and O–H groups in total. The predicted octanol–water partition coefficient (Wildman–Crippen LogP) is 1.24. The van der Waals surface area contributed by atoms with Gasteiger partial charge in [0.2, 0.25) is 5.79 Å². The second kappa shape index (κ2) is 3.56. The molecule has 12 heavy (non-hydrogen) atoms. The van der Waals surface area contributed by atoms with Crippen LogP contribution in [0.4, 0.5) is 0 Å². The minimum Gasteiger partial charge on any atom is -0.345 e. The Balaban J connectivity index is 2.59. The van der Waals surface area contributed by atoms with E-state index in [2.05, 4.69) is 6.58 Å². The van der Waals surface area contributed by atoms with E-state index in [0.717, 1.165) is 0 Å². The maximum absolute atomic E-state index is 11.7. The van der Waals surface area contributed by atoms with Gasteiger partial charge in [-0.3, -0.25) is 0 Å². The minimum atomic E-state index is -1.51. The highest BCUT2D eigenvalue weighted by Gasteiger charge is 2.41. The van der Waals surface area contributed by atoms with Crippen LogP contribution in [0.25, 0.3) is 0 Å². The molecule has 2 radical (unpaired) electrons. The third kappa shape index (κ3) is 1.86. The standard InChI is InChI=1S/C9H15NO2/c1-3-4-9(11)8(10)5-7(2)6-12-9/h3,7H,1,4-6,10H2,2H3. The molecule has 3 nitrogen and oxygen atoms in total. The van der Waals surface area contributed by atoms with E-state index >= 15 is 0 Å². The summed E-state index contributed by atoms with van der Waals surface area (Å²) in [5, 5.41) is 11.7. The molecule has 0 aliphatic carbocycles. The summed E-state index contributed by atoms with van der Waals surface area (Å²) < 4.78 is 5.14. The molecular formula is C9H15NO2. The number of rotatable bonds is 2. The van der Waals surface area contributed by atoms with Crippen molar-refractivity contribution in [3.8, 4) is 0 Å². The highest BCUT2D eigenvalue weighted by molar-refractivity contribution is 5.04. The SMILES string of the molecule is C=CCC1([O])OCC(C)C[C]1N. The van der Waals surface area contributed by atoms with Gasteiger partial charge in [0, 0.05) is 6.42 Å². The summed E-state index contributed by atoms with van der Waals surface area (Å²) in [5.41, 5.74) is 5.62. The lowest BCUT2D eigenvalue weighted by Crippen LogP contribution is -2.47. The van der Waals surface area contributed by atoms with Crippen molar-refractivity contribution >= 4 is 0 Å². The van der Waals surface area contributed by atoms with E-state index in [-0.39, 0.29) is 6.42 Å². The molecule has 1 rings (SSSR count). The maximum atomic E-state index is 11.7. The monoisotopic (exact) mass is 169 g/mol. The average molecular weight is 169 g/mol. The first-order chi connectivity index (χ1) is 5.58. The number of hydrogen-bond acceptors (Lipinski definition) is 2. The summed E-state index contributed by atoms with van der Waals surface area (Å²) in [6, 6.07) is 0.404. The summed E-state index contributed by atoms with van der Waals surface area (Å²) in [7, 11) is 0. The molecular weight excluding hydrogens is 154 g/mol. The van der Waals surface area contributed by atoms with E-state index < -0.39 is 5.79 Å². The van der Waals surface area contributed by atoms with E-state index in [0.29, 0.717) is 25.0 Å². The van der Waals surface area contributed by atoms with Crippen LogP contribution in [0.3, 0.4) is 0 Å². The molecule has 1 aliphatic heterocycles. The first-order valence-electron chi connectivity index (χ1n) is 4.15. The van der Waals surface area contributed by atoms with Gasteiger partial charge in [-0.05, 0) is 12.3 Å². The van der Waals surface area contributed by atoms with Crippen molar-refractivity contribution in [2.75, 3.05) is 6.61 Å². The van der Waals surface area contributed by atoms with Crippen LogP contribution in [0.1, 0.15) is 19.8 Å². The predicted molar refractivity (Wildman–Crippen MR) is 45.4 cm³/mol. The molecule has 0 spiro atoms. The number of hydrogen-bond donors (Lipinski definition) is 1. The van der Waals surface area contributed by atoms with Gasteiger partial charge >= 0.3 is 0 Å². The van der Waals surface area contributed by atoms with Gasteiger partial charge in [-0.15, -0.1) is 6.58 Å². The van der Waals surface area contributed by atoms with Crippen LogP contribution in [0.15, 0.2) is 12.7 Å². The molecule has 0 aromatic heterocycles. The summed E-state index contributed by atoms with van der Waals surface area (Å²) in [6.45, 7) is 6.02. The van der Waals surface area contributed by atoms with E-state index in [9.17, 15) is 5.11 Å². The molecule has 0 aromatic rings. The summed E-state index contributed by atoms with van der Waals surface area (Å²) in [5.74, 6) is -1.15. The van der Waals surface area contributed by atoms with E-state index in [1.165, 1.54) is 0 Å². The second-order valence-electron chi connectivity index (χ2n) is 3.39. The Kier molecular flexibility index (Phi) is 2.88. The lowest BCUT2D eigenvalue weighted by atomic mass is 9.91. The summed E-state index contributed by atoms with van der Waals surface area (Å²) >= 11 is 0. The summed E-state index contributed by atoms with van der Waals surface area (Å²) in [4.78, 5) is 0. The Hall–Kier alpha value is -0.380. The zero-order valence-electron chi connectivity index (χ0n) is 7.38. The fourth-order valence-corrected chi connectivity index (χ4v) is 1.34. The van der Waals surface area contributed by atoms with Crippen LogP contribution >= 0.6 is 0 Å². The van der Waals surface area contributed by atoms with Crippen molar-refractivity contribution in [3.63, 3.8) is 0 Å². The van der Waals surface area contributed by atoms with E-state index in [4.69, 9.17) is 10.5 Å². The topological polar surface area (TPSA) is 55.1 Å². The zero-order chi connectivity index (χ0) is 9.19. The highest BCUT2D eigenvalue weighted by atomic mass is 16.6. The van der Waals surface area contributed by atoms with Gasteiger partial charge in [-0.25, -0.2) is 0 Å². The Bertz CT molecular complexity index is 172. The molecule has 0 aromatic carbocycles. The van der Waals surface area contributed by atoms with Crippen molar-refractivity contribution in [2.45, 2.75) is 25.6 Å². The molecule has 0 saturated carbocycles. The average Bonchev–Trinajstić information content (AvgIpc) is 1.99. The number of ether oxygens (including phenoxy) is 1. The fraction of sp³-hybridized carbons (Fsp3) is 0.667. The van der Waals surface area contributed by atoms with Crippen LogP contribution in [-0.4, -0.2) is 12.4 Å². The van der Waals surface area contributed by atoms with Crippen molar-refractivity contribution in [2.24, 2.45) is 11.7 Å². The van der Waals surface area contributed by atoms with Gasteiger partial charge in [0.1, 0.15) is 0 Å².